The minimum Gasteiger partial charge on any atom is -0.385 e. The molecule has 1 rings (SSSR count). The van der Waals surface area contributed by atoms with Crippen LogP contribution in [0.15, 0.2) is 10.9 Å². The Hall–Kier alpha value is -0.450. The molecule has 13 heavy (non-hydrogen) atoms. The predicted octanol–water partition coefficient (Wildman–Crippen LogP) is 1.56. The van der Waals surface area contributed by atoms with Crippen LogP contribution < -0.4 is 5.32 Å². The van der Waals surface area contributed by atoms with Gasteiger partial charge in [-0.15, -0.1) is 11.3 Å². The Balaban J connectivity index is 2.39. The molecule has 0 bridgehead atoms. The maximum Gasteiger partial charge on any atom is 0.109 e. The molecule has 74 valence electrons. The van der Waals surface area contributed by atoms with Crippen LogP contribution in [0, 0.1) is 0 Å². The van der Waals surface area contributed by atoms with Gasteiger partial charge >= 0.3 is 0 Å². The number of aliphatic hydroxyl groups excluding tert-OH is 1. The molecule has 0 aliphatic heterocycles. The standard InChI is InChI=1S/C9H16N2OS/c1-9(2,3)11-4-8(12)7-5-13-6-10-7/h5-6,8,11-12H,4H2,1-3H3. The number of hydrogen-bond acceptors (Lipinski definition) is 4. The van der Waals surface area contributed by atoms with Gasteiger partial charge in [-0.1, -0.05) is 0 Å². The van der Waals surface area contributed by atoms with Gasteiger partial charge in [0.2, 0.25) is 0 Å². The fraction of sp³-hybridized carbons (Fsp3) is 0.667. The maximum atomic E-state index is 9.65. The topological polar surface area (TPSA) is 45.1 Å². The fourth-order valence-electron chi connectivity index (χ4n) is 0.894. The van der Waals surface area contributed by atoms with Crippen molar-refractivity contribution in [1.82, 2.24) is 10.3 Å². The Bertz CT molecular complexity index is 241. The zero-order valence-electron chi connectivity index (χ0n) is 8.24. The SMILES string of the molecule is CC(C)(C)NCC(O)c1cscn1. The summed E-state index contributed by atoms with van der Waals surface area (Å²) in [5, 5.41) is 14.7. The molecule has 3 nitrogen and oxygen atoms in total. The Morgan fingerprint density at radius 1 is 1.62 bits per heavy atom. The average Bonchev–Trinajstić information content (AvgIpc) is 2.50. The van der Waals surface area contributed by atoms with Crippen LogP contribution in [0.5, 0.6) is 0 Å². The first-order chi connectivity index (χ1) is 5.99. The lowest BCUT2D eigenvalue weighted by Gasteiger charge is -2.22. The Morgan fingerprint density at radius 2 is 2.31 bits per heavy atom. The number of thiazole rings is 1. The lowest BCUT2D eigenvalue weighted by molar-refractivity contribution is 0.159. The molecule has 0 saturated heterocycles. The number of aromatic nitrogens is 1. The van der Waals surface area contributed by atoms with Crippen molar-refractivity contribution >= 4 is 11.3 Å². The molecule has 1 aromatic heterocycles. The van der Waals surface area contributed by atoms with E-state index < -0.39 is 6.10 Å². The third-order valence-electron chi connectivity index (χ3n) is 1.62. The maximum absolute atomic E-state index is 9.65. The van der Waals surface area contributed by atoms with Crippen LogP contribution in [0.2, 0.25) is 0 Å². The summed E-state index contributed by atoms with van der Waals surface area (Å²) < 4.78 is 0. The first-order valence-electron chi connectivity index (χ1n) is 4.30. The summed E-state index contributed by atoms with van der Waals surface area (Å²) in [6.45, 7) is 6.76. The van der Waals surface area contributed by atoms with E-state index in [4.69, 9.17) is 0 Å². The summed E-state index contributed by atoms with van der Waals surface area (Å²) >= 11 is 1.50. The predicted molar refractivity (Wildman–Crippen MR) is 54.8 cm³/mol. The van der Waals surface area contributed by atoms with Gasteiger partial charge in [0.05, 0.1) is 11.2 Å². The number of rotatable bonds is 3. The number of hydrogen-bond donors (Lipinski definition) is 2. The zero-order chi connectivity index (χ0) is 9.90. The normalized spacial score (nSPS) is 14.5. The van der Waals surface area contributed by atoms with Gasteiger partial charge in [-0.05, 0) is 20.8 Å². The van der Waals surface area contributed by atoms with Crippen LogP contribution in [0.25, 0.3) is 0 Å². The van der Waals surface area contributed by atoms with Gasteiger partial charge in [0, 0.05) is 17.5 Å². The summed E-state index contributed by atoms with van der Waals surface area (Å²) in [5.41, 5.74) is 2.52. The molecule has 0 fully saturated rings. The van der Waals surface area contributed by atoms with Crippen LogP contribution in [-0.2, 0) is 0 Å². The zero-order valence-corrected chi connectivity index (χ0v) is 9.06. The summed E-state index contributed by atoms with van der Waals surface area (Å²) in [6.07, 6.45) is -0.495. The van der Waals surface area contributed by atoms with Crippen molar-refractivity contribution < 1.29 is 5.11 Å². The Kier molecular flexibility index (Phi) is 3.41. The van der Waals surface area contributed by atoms with Crippen molar-refractivity contribution in [2.45, 2.75) is 32.4 Å². The number of β-amino-alcohol motifs (C(OH)–C–C–N with tert-alkyl or cyclic N) is 1. The smallest absolute Gasteiger partial charge is 0.109 e. The molecule has 0 saturated carbocycles. The summed E-state index contributed by atoms with van der Waals surface area (Å²) in [7, 11) is 0. The van der Waals surface area contributed by atoms with E-state index in [9.17, 15) is 5.11 Å². The van der Waals surface area contributed by atoms with Gasteiger partial charge in [0.1, 0.15) is 6.10 Å². The molecule has 1 aromatic rings. The van der Waals surface area contributed by atoms with Crippen LogP contribution in [-0.4, -0.2) is 22.2 Å². The molecule has 0 aliphatic carbocycles. The first-order valence-corrected chi connectivity index (χ1v) is 5.24. The van der Waals surface area contributed by atoms with E-state index in [0.717, 1.165) is 5.69 Å². The van der Waals surface area contributed by atoms with Crippen LogP contribution in [0.4, 0.5) is 0 Å². The van der Waals surface area contributed by atoms with Crippen LogP contribution >= 0.6 is 11.3 Å². The molecule has 1 atom stereocenters. The molecule has 0 spiro atoms. The monoisotopic (exact) mass is 200 g/mol. The van der Waals surface area contributed by atoms with Crippen molar-refractivity contribution in [2.24, 2.45) is 0 Å². The molecular formula is C9H16N2OS. The highest BCUT2D eigenvalue weighted by Gasteiger charge is 2.14. The van der Waals surface area contributed by atoms with E-state index in [2.05, 4.69) is 31.1 Å². The van der Waals surface area contributed by atoms with Gasteiger partial charge < -0.3 is 10.4 Å². The average molecular weight is 200 g/mol. The minimum atomic E-state index is -0.495. The van der Waals surface area contributed by atoms with Crippen LogP contribution in [0.3, 0.4) is 0 Å². The molecule has 4 heteroatoms. The second-order valence-corrected chi connectivity index (χ2v) is 4.78. The summed E-state index contributed by atoms with van der Waals surface area (Å²) in [6, 6.07) is 0. The van der Waals surface area contributed by atoms with Crippen molar-refractivity contribution in [3.63, 3.8) is 0 Å². The molecule has 0 aromatic carbocycles. The molecule has 1 heterocycles. The van der Waals surface area contributed by atoms with Crippen molar-refractivity contribution in [1.29, 1.82) is 0 Å². The molecule has 2 N–H and O–H groups in total. The second-order valence-electron chi connectivity index (χ2n) is 4.06. The van der Waals surface area contributed by atoms with Crippen molar-refractivity contribution in [2.75, 3.05) is 6.54 Å². The molecule has 0 radical (unpaired) electrons. The third kappa shape index (κ3) is 3.85. The van der Waals surface area contributed by atoms with Gasteiger partial charge in [-0.25, -0.2) is 4.98 Å². The highest BCUT2D eigenvalue weighted by Crippen LogP contribution is 2.12. The third-order valence-corrected chi connectivity index (χ3v) is 2.22. The van der Waals surface area contributed by atoms with Gasteiger partial charge in [0.25, 0.3) is 0 Å². The van der Waals surface area contributed by atoms with Gasteiger partial charge in [-0.2, -0.15) is 0 Å². The largest absolute Gasteiger partial charge is 0.385 e. The van der Waals surface area contributed by atoms with Gasteiger partial charge in [0.15, 0.2) is 0 Å². The summed E-state index contributed by atoms with van der Waals surface area (Å²) in [4.78, 5) is 4.05. The molecule has 0 amide bonds. The van der Waals surface area contributed by atoms with E-state index in [1.165, 1.54) is 11.3 Å². The molecular weight excluding hydrogens is 184 g/mol. The number of aliphatic hydroxyl groups is 1. The first kappa shape index (κ1) is 10.6. The quantitative estimate of drug-likeness (QED) is 0.778. The van der Waals surface area contributed by atoms with Gasteiger partial charge in [-0.3, -0.25) is 0 Å². The second kappa shape index (κ2) is 4.17. The van der Waals surface area contributed by atoms with Crippen LogP contribution in [0.1, 0.15) is 32.6 Å². The molecule has 0 aliphatic rings. The van der Waals surface area contributed by atoms with E-state index in [-0.39, 0.29) is 5.54 Å². The molecule has 1 unspecified atom stereocenters. The lowest BCUT2D eigenvalue weighted by atomic mass is 10.1. The Morgan fingerprint density at radius 3 is 2.77 bits per heavy atom. The minimum absolute atomic E-state index is 0.0387. The highest BCUT2D eigenvalue weighted by atomic mass is 32.1. The highest BCUT2D eigenvalue weighted by molar-refractivity contribution is 7.07. The van der Waals surface area contributed by atoms with Crippen molar-refractivity contribution in [3.05, 3.63) is 16.6 Å². The number of nitrogens with zero attached hydrogens (tertiary/aromatic N) is 1. The van der Waals surface area contributed by atoms with E-state index in [1.807, 2.05) is 5.38 Å². The van der Waals surface area contributed by atoms with E-state index in [1.54, 1.807) is 5.51 Å². The fourth-order valence-corrected chi connectivity index (χ4v) is 1.49. The van der Waals surface area contributed by atoms with E-state index in [0.29, 0.717) is 6.54 Å². The summed E-state index contributed by atoms with van der Waals surface area (Å²) in [5.74, 6) is 0. The van der Waals surface area contributed by atoms with E-state index >= 15 is 0 Å². The Labute approximate surface area is 82.8 Å². The lowest BCUT2D eigenvalue weighted by Crippen LogP contribution is -2.38. The number of nitrogens with one attached hydrogen (secondary N) is 1. The van der Waals surface area contributed by atoms with Crippen molar-refractivity contribution in [3.8, 4) is 0 Å².